The van der Waals surface area contributed by atoms with Crippen molar-refractivity contribution in [3.05, 3.63) is 84.6 Å². The zero-order valence-electron chi connectivity index (χ0n) is 31.7. The molecule has 4 aromatic carbocycles. The van der Waals surface area contributed by atoms with E-state index in [0.717, 1.165) is 95.2 Å². The Labute approximate surface area is 349 Å². The molecular weight excluding hydrogens is 785 g/mol. The number of amides is 2. The van der Waals surface area contributed by atoms with Crippen molar-refractivity contribution in [2.24, 2.45) is 11.8 Å². The zero-order valence-corrected chi connectivity index (χ0v) is 34.1. The Morgan fingerprint density at radius 2 is 1.56 bits per heavy atom. The number of alkyl carbamates (subject to hydrolysis) is 1. The van der Waals surface area contributed by atoms with Gasteiger partial charge in [0.05, 0.1) is 42.1 Å². The van der Waals surface area contributed by atoms with E-state index in [0.29, 0.717) is 25.2 Å². The van der Waals surface area contributed by atoms with Crippen LogP contribution in [-0.2, 0) is 14.3 Å². The average Bonchev–Trinajstić information content (AvgIpc) is 4.07. The van der Waals surface area contributed by atoms with Crippen LogP contribution < -0.4 is 10.6 Å². The lowest BCUT2D eigenvalue weighted by atomic mass is 9.89. The molecule has 1 saturated carbocycles. The van der Waals surface area contributed by atoms with Crippen LogP contribution in [0.25, 0.3) is 55.0 Å². The summed E-state index contributed by atoms with van der Waals surface area (Å²) in [5, 5.41) is 11.1. The van der Waals surface area contributed by atoms with Crippen molar-refractivity contribution in [2.75, 3.05) is 26.9 Å². The first-order valence-electron chi connectivity index (χ1n) is 19.5. The molecule has 0 spiro atoms. The van der Waals surface area contributed by atoms with Gasteiger partial charge in [-0.05, 0) is 115 Å². The Kier molecular flexibility index (Phi) is 12.0. The number of aromatic nitrogens is 4. The van der Waals surface area contributed by atoms with Gasteiger partial charge in [0.25, 0.3) is 0 Å². The molecule has 2 aromatic heterocycles. The average molecular weight is 833 g/mol. The molecule has 57 heavy (non-hydrogen) atoms. The lowest BCUT2D eigenvalue weighted by Crippen LogP contribution is -2.55. The number of imidazole rings is 2. The van der Waals surface area contributed by atoms with Gasteiger partial charge in [-0.25, -0.2) is 14.8 Å². The van der Waals surface area contributed by atoms with Crippen LogP contribution >= 0.6 is 37.2 Å². The first-order valence-corrected chi connectivity index (χ1v) is 19.5. The summed E-state index contributed by atoms with van der Waals surface area (Å²) in [5.74, 6) is 2.12. The number of piperidine rings is 1. The van der Waals surface area contributed by atoms with E-state index in [2.05, 4.69) is 87.3 Å². The molecule has 0 radical (unpaired) electrons. The summed E-state index contributed by atoms with van der Waals surface area (Å²) in [4.78, 5) is 45.8. The number of halogens is 3. The van der Waals surface area contributed by atoms with E-state index in [-0.39, 0.29) is 61.1 Å². The Morgan fingerprint density at radius 1 is 0.842 bits per heavy atom. The minimum absolute atomic E-state index is 0. The summed E-state index contributed by atoms with van der Waals surface area (Å²) < 4.78 is 10.5. The van der Waals surface area contributed by atoms with Crippen LogP contribution in [0.15, 0.2) is 72.9 Å². The second-order valence-electron chi connectivity index (χ2n) is 15.6. The molecule has 11 nitrogen and oxygen atoms in total. The smallest absolute Gasteiger partial charge is 0.407 e. The van der Waals surface area contributed by atoms with Crippen molar-refractivity contribution >= 4 is 81.8 Å². The fourth-order valence-corrected chi connectivity index (χ4v) is 9.74. The molecule has 14 heteroatoms. The lowest BCUT2D eigenvalue weighted by Gasteiger charge is -2.39. The highest BCUT2D eigenvalue weighted by Gasteiger charge is 2.52. The lowest BCUT2D eigenvalue weighted by molar-refractivity contribution is -0.140. The number of H-pyrrole nitrogens is 2. The van der Waals surface area contributed by atoms with E-state index < -0.39 is 12.1 Å². The van der Waals surface area contributed by atoms with E-state index in [1.54, 1.807) is 0 Å². The maximum Gasteiger partial charge on any atom is 0.407 e. The quantitative estimate of drug-likeness (QED) is 0.126. The highest BCUT2D eigenvalue weighted by molar-refractivity contribution is 6.05. The second-order valence-corrected chi connectivity index (χ2v) is 15.6. The number of hydrogen-bond donors (Lipinski definition) is 4. The number of nitrogens with zero attached hydrogens (tertiary/aromatic N) is 3. The van der Waals surface area contributed by atoms with Gasteiger partial charge in [-0.3, -0.25) is 4.79 Å². The molecule has 3 aliphatic heterocycles. The van der Waals surface area contributed by atoms with Crippen molar-refractivity contribution in [1.29, 1.82) is 0 Å². The van der Waals surface area contributed by atoms with Crippen molar-refractivity contribution in [3.8, 4) is 22.4 Å². The van der Waals surface area contributed by atoms with E-state index >= 15 is 0 Å². The molecule has 4 fully saturated rings. The number of fused-ring (bicyclic) bond motifs is 6. The minimum atomic E-state index is -0.656. The number of aromatic amines is 2. The summed E-state index contributed by atoms with van der Waals surface area (Å²) in [6.45, 7) is 2.21. The monoisotopic (exact) mass is 831 g/mol. The SMILES string of the molecule is COC(=O)N[C@H](C(=O)N1[C@@H]2CC[C@@H](C2)[C@H]1c1ncc(-c2ccc3cc(-c4ccc5c(ccc6[nH]c([C@@H]7CCCN7)nc65)c4)ccc3c2)[nH]1)C1CCOCC1.Cl.Cl.Cl. The van der Waals surface area contributed by atoms with Gasteiger partial charge < -0.3 is 35.0 Å². The highest BCUT2D eigenvalue weighted by atomic mass is 35.5. The number of rotatable bonds is 7. The van der Waals surface area contributed by atoms with Gasteiger partial charge in [0.1, 0.15) is 17.7 Å². The van der Waals surface area contributed by atoms with Gasteiger partial charge >= 0.3 is 6.09 Å². The summed E-state index contributed by atoms with van der Waals surface area (Å²) in [6, 6.07) is 23.8. The van der Waals surface area contributed by atoms with Crippen molar-refractivity contribution in [1.82, 2.24) is 35.5 Å². The number of carbonyl (C=O) groups is 2. The number of hydrogen-bond acceptors (Lipinski definition) is 7. The van der Waals surface area contributed by atoms with E-state index in [9.17, 15) is 9.59 Å². The number of carbonyl (C=O) groups excluding carboxylic acids is 2. The molecule has 2 bridgehead atoms. The third-order valence-electron chi connectivity index (χ3n) is 12.5. The Balaban J connectivity index is 0.00000165. The number of benzene rings is 4. The zero-order chi connectivity index (χ0) is 36.3. The van der Waals surface area contributed by atoms with Gasteiger partial charge in [0.2, 0.25) is 5.91 Å². The van der Waals surface area contributed by atoms with Crippen molar-refractivity contribution < 1.29 is 19.1 Å². The van der Waals surface area contributed by atoms with E-state index in [1.165, 1.54) is 30.0 Å². The van der Waals surface area contributed by atoms with Crippen LogP contribution in [-0.4, -0.2) is 75.8 Å². The molecule has 5 heterocycles. The van der Waals surface area contributed by atoms with Gasteiger partial charge in [0, 0.05) is 30.2 Å². The maximum atomic E-state index is 14.4. The topological polar surface area (TPSA) is 137 Å². The molecule has 2 amide bonds. The van der Waals surface area contributed by atoms with Crippen LogP contribution in [0.2, 0.25) is 0 Å². The van der Waals surface area contributed by atoms with Crippen LogP contribution in [0.3, 0.4) is 0 Å². The number of ether oxygens (including phenoxy) is 2. The van der Waals surface area contributed by atoms with Gasteiger partial charge in [-0.1, -0.05) is 42.5 Å². The normalized spacial score (nSPS) is 22.2. The second kappa shape index (κ2) is 16.8. The van der Waals surface area contributed by atoms with Gasteiger partial charge in [-0.15, -0.1) is 37.2 Å². The summed E-state index contributed by atoms with van der Waals surface area (Å²) >= 11 is 0. The molecule has 300 valence electrons. The third kappa shape index (κ3) is 7.45. The summed E-state index contributed by atoms with van der Waals surface area (Å²) in [6.07, 6.45) is 8.03. The fourth-order valence-electron chi connectivity index (χ4n) is 9.74. The Bertz CT molecular complexity index is 2410. The number of methoxy groups -OCH3 is 1. The van der Waals surface area contributed by atoms with Crippen molar-refractivity contribution in [2.45, 2.75) is 69.1 Å². The van der Waals surface area contributed by atoms with Gasteiger partial charge in [0.15, 0.2) is 0 Å². The molecule has 4 aliphatic rings. The van der Waals surface area contributed by atoms with E-state index in [4.69, 9.17) is 19.4 Å². The molecule has 6 aromatic rings. The van der Waals surface area contributed by atoms with Gasteiger partial charge in [-0.2, -0.15) is 0 Å². The molecule has 5 atom stereocenters. The highest BCUT2D eigenvalue weighted by Crippen LogP contribution is 2.50. The standard InChI is InChI=1S/C43H45N7O4.3ClH/c1-53-43(52)49-37(24-14-17-54-18-15-24)42(51)50-32-11-8-31(22-32)39(50)41-45-23-36(47-41)30-7-6-26-19-25(4-5-27(26)21-30)28-9-12-33-29(20-28)10-13-34-38(33)48-40(46-34)35-3-2-16-44-35;;;/h4-7,9-10,12-13,19-21,23-24,31-32,35,37,39,44H,2-3,8,11,14-18,22H2,1H3,(H,45,47)(H,46,48)(H,49,52);3*1H/t31-,32+,35-,37-,39-;;;/m0.../s1. The minimum Gasteiger partial charge on any atom is -0.453 e. The first kappa shape index (κ1) is 40.8. The van der Waals surface area contributed by atoms with Crippen molar-refractivity contribution in [3.63, 3.8) is 0 Å². The number of nitrogens with one attached hydrogen (secondary N) is 4. The summed E-state index contributed by atoms with van der Waals surface area (Å²) in [7, 11) is 1.34. The third-order valence-corrected chi connectivity index (χ3v) is 12.5. The number of likely N-dealkylation sites (tertiary alicyclic amines) is 1. The van der Waals surface area contributed by atoms with Crippen LogP contribution in [0.1, 0.15) is 68.7 Å². The first-order chi connectivity index (χ1) is 26.5. The summed E-state index contributed by atoms with van der Waals surface area (Å²) in [5.41, 5.74) is 6.42. The molecule has 0 unspecified atom stereocenters. The fraction of sp³-hybridized carbons (Fsp3) is 0.395. The van der Waals surface area contributed by atoms with E-state index in [1.807, 2.05) is 11.1 Å². The largest absolute Gasteiger partial charge is 0.453 e. The predicted octanol–water partition coefficient (Wildman–Crippen LogP) is 8.82. The molecule has 1 aliphatic carbocycles. The Morgan fingerprint density at radius 3 is 2.32 bits per heavy atom. The molecule has 10 rings (SSSR count). The maximum absolute atomic E-state index is 14.4. The molecule has 3 saturated heterocycles. The molecule has 4 N–H and O–H groups in total. The van der Waals surface area contributed by atoms with Crippen LogP contribution in [0, 0.1) is 11.8 Å². The Hall–Kier alpha value is -4.39. The molecular formula is C43H48Cl3N7O4. The van der Waals surface area contributed by atoms with Crippen LogP contribution in [0.5, 0.6) is 0 Å². The predicted molar refractivity (Wildman–Crippen MR) is 229 cm³/mol. The van der Waals surface area contributed by atoms with Crippen LogP contribution in [0.4, 0.5) is 4.79 Å².